The summed E-state index contributed by atoms with van der Waals surface area (Å²) in [5.41, 5.74) is -1.29. The molecule has 28 heavy (non-hydrogen) atoms. The fourth-order valence-corrected chi connectivity index (χ4v) is 3.56. The molecule has 1 N–H and O–H groups in total. The molecule has 0 spiro atoms. The van der Waals surface area contributed by atoms with E-state index in [-0.39, 0.29) is 30.0 Å². The van der Waals surface area contributed by atoms with Crippen molar-refractivity contribution in [1.82, 2.24) is 4.90 Å². The second-order valence-electron chi connectivity index (χ2n) is 8.11. The first-order valence-corrected chi connectivity index (χ1v) is 9.35. The smallest absolute Gasteiger partial charge is 0.416 e. The number of alkyl halides is 4. The van der Waals surface area contributed by atoms with E-state index in [4.69, 9.17) is 4.74 Å². The summed E-state index contributed by atoms with van der Waals surface area (Å²) in [6.07, 6.45) is -2.58. The Morgan fingerprint density at radius 2 is 1.89 bits per heavy atom. The summed E-state index contributed by atoms with van der Waals surface area (Å²) in [5, 5.41) is 9.43. The third kappa shape index (κ3) is 5.37. The van der Waals surface area contributed by atoms with Gasteiger partial charge in [0.25, 0.3) is 0 Å². The highest BCUT2D eigenvalue weighted by molar-refractivity contribution is 5.73. The van der Waals surface area contributed by atoms with Crippen molar-refractivity contribution in [2.24, 2.45) is 0 Å². The molecule has 0 aliphatic carbocycles. The largest absolute Gasteiger partial charge is 0.491 e. The number of nitrogens with zero attached hydrogens (tertiary/aromatic N) is 1. The van der Waals surface area contributed by atoms with Crippen molar-refractivity contribution in [3.8, 4) is 5.75 Å². The molecule has 0 radical (unpaired) electrons. The van der Waals surface area contributed by atoms with Crippen molar-refractivity contribution < 1.29 is 32.2 Å². The summed E-state index contributed by atoms with van der Waals surface area (Å²) < 4.78 is 59.2. The predicted molar refractivity (Wildman–Crippen MR) is 97.3 cm³/mol. The van der Waals surface area contributed by atoms with Crippen molar-refractivity contribution in [3.63, 3.8) is 0 Å². The van der Waals surface area contributed by atoms with Crippen LogP contribution in [0.15, 0.2) is 12.1 Å². The molecule has 4 nitrogen and oxygen atoms in total. The Morgan fingerprint density at radius 1 is 1.21 bits per heavy atom. The van der Waals surface area contributed by atoms with E-state index in [9.17, 15) is 27.5 Å². The third-order valence-corrected chi connectivity index (χ3v) is 4.92. The minimum Gasteiger partial charge on any atom is -0.491 e. The lowest BCUT2D eigenvalue weighted by Crippen LogP contribution is -2.44. The van der Waals surface area contributed by atoms with Crippen LogP contribution >= 0.6 is 0 Å². The molecule has 1 saturated heterocycles. The zero-order valence-corrected chi connectivity index (χ0v) is 16.4. The monoisotopic (exact) mass is 405 g/mol. The molecular formula is C20H27F4NO3. The summed E-state index contributed by atoms with van der Waals surface area (Å²) in [7, 11) is 0. The number of rotatable bonds is 6. The van der Waals surface area contributed by atoms with Gasteiger partial charge in [0.05, 0.1) is 5.56 Å². The maximum atomic E-state index is 13.7. The van der Waals surface area contributed by atoms with Crippen molar-refractivity contribution in [1.29, 1.82) is 0 Å². The number of carboxylic acid groups (broad SMARTS) is 1. The van der Waals surface area contributed by atoms with Gasteiger partial charge in [-0.1, -0.05) is 27.2 Å². The summed E-state index contributed by atoms with van der Waals surface area (Å²) in [4.78, 5) is 13.2. The summed E-state index contributed by atoms with van der Waals surface area (Å²) in [5.74, 6) is -0.821. The van der Waals surface area contributed by atoms with Gasteiger partial charge >= 0.3 is 12.1 Å². The van der Waals surface area contributed by atoms with Gasteiger partial charge in [-0.2, -0.15) is 13.2 Å². The molecule has 0 amide bonds. The number of carboxylic acids is 1. The van der Waals surface area contributed by atoms with Crippen LogP contribution in [-0.4, -0.2) is 41.8 Å². The van der Waals surface area contributed by atoms with Crippen LogP contribution in [0.3, 0.4) is 0 Å². The number of halogens is 4. The number of carbonyl (C=O) groups is 1. The van der Waals surface area contributed by atoms with Crippen LogP contribution in [0.25, 0.3) is 0 Å². The van der Waals surface area contributed by atoms with Crippen molar-refractivity contribution in [2.75, 3.05) is 19.8 Å². The molecule has 1 fully saturated rings. The minimum absolute atomic E-state index is 0.00604. The van der Waals surface area contributed by atoms with E-state index >= 15 is 0 Å². The number of aliphatic carboxylic acids is 1. The lowest BCUT2D eigenvalue weighted by Gasteiger charge is -2.34. The second-order valence-corrected chi connectivity index (χ2v) is 8.11. The predicted octanol–water partition coefficient (Wildman–Crippen LogP) is 4.79. The van der Waals surface area contributed by atoms with E-state index in [0.717, 1.165) is 18.9 Å². The number of benzene rings is 1. The van der Waals surface area contributed by atoms with Crippen LogP contribution in [0.4, 0.5) is 17.6 Å². The molecule has 1 atom stereocenters. The maximum Gasteiger partial charge on any atom is 0.416 e. The minimum atomic E-state index is -4.57. The normalized spacial score (nSPS) is 18.9. The molecule has 8 heteroatoms. The molecule has 0 saturated carbocycles. The van der Waals surface area contributed by atoms with Gasteiger partial charge in [-0.25, -0.2) is 4.39 Å². The standard InChI is InChI=1S/C20H27F4NO3/c1-19(2,3)14-11-17(28-9-7-21)13(10-15(14)20(22,23)24)12-25-8-5-4-6-16(25)18(26)27/h10-11,16H,4-9,12H2,1-3H3,(H,26,27)/t16-/m0/s1. The van der Waals surface area contributed by atoms with Gasteiger partial charge in [-0.15, -0.1) is 0 Å². The zero-order valence-electron chi connectivity index (χ0n) is 16.4. The zero-order chi connectivity index (χ0) is 21.1. The molecule has 1 heterocycles. The summed E-state index contributed by atoms with van der Waals surface area (Å²) in [6.45, 7) is 4.44. The van der Waals surface area contributed by atoms with E-state index in [1.165, 1.54) is 6.07 Å². The van der Waals surface area contributed by atoms with Crippen LogP contribution < -0.4 is 4.74 Å². The Labute approximate surface area is 162 Å². The highest BCUT2D eigenvalue weighted by atomic mass is 19.4. The van der Waals surface area contributed by atoms with E-state index < -0.39 is 35.8 Å². The van der Waals surface area contributed by atoms with Crippen molar-refractivity contribution >= 4 is 5.97 Å². The third-order valence-electron chi connectivity index (χ3n) is 4.92. The highest BCUT2D eigenvalue weighted by Gasteiger charge is 2.38. The molecule has 1 aromatic rings. The lowest BCUT2D eigenvalue weighted by atomic mass is 9.82. The number of ether oxygens (including phenoxy) is 1. The summed E-state index contributed by atoms with van der Waals surface area (Å²) >= 11 is 0. The van der Waals surface area contributed by atoms with Gasteiger partial charge in [0, 0.05) is 12.1 Å². The average molecular weight is 405 g/mol. The quantitative estimate of drug-likeness (QED) is 0.692. The first-order chi connectivity index (χ1) is 12.9. The average Bonchev–Trinajstić information content (AvgIpc) is 2.58. The van der Waals surface area contributed by atoms with E-state index in [2.05, 4.69) is 0 Å². The molecule has 2 rings (SSSR count). The van der Waals surface area contributed by atoms with Crippen LogP contribution in [0, 0.1) is 0 Å². The Morgan fingerprint density at radius 3 is 2.43 bits per heavy atom. The van der Waals surface area contributed by atoms with Crippen LogP contribution in [0.1, 0.15) is 56.7 Å². The van der Waals surface area contributed by atoms with Gasteiger partial charge in [0.2, 0.25) is 0 Å². The summed E-state index contributed by atoms with van der Waals surface area (Å²) in [6, 6.07) is 1.61. The Bertz CT molecular complexity index is 698. The molecule has 0 unspecified atom stereocenters. The van der Waals surface area contributed by atoms with Crippen LogP contribution in [-0.2, 0) is 22.9 Å². The highest BCUT2D eigenvalue weighted by Crippen LogP contribution is 2.41. The first kappa shape index (κ1) is 22.5. The van der Waals surface area contributed by atoms with E-state index in [1.807, 2.05) is 0 Å². The Kier molecular flexibility index (Phi) is 6.96. The number of hydrogen-bond donors (Lipinski definition) is 1. The SMILES string of the molecule is CC(C)(C)c1cc(OCCF)c(CN2CCCC[C@H]2C(=O)O)cc1C(F)(F)F. The molecule has 1 aliphatic heterocycles. The van der Waals surface area contributed by atoms with Crippen molar-refractivity contribution in [2.45, 2.75) is 64.2 Å². The topological polar surface area (TPSA) is 49.8 Å². The van der Waals surface area contributed by atoms with Crippen LogP contribution in [0.5, 0.6) is 5.75 Å². The lowest BCUT2D eigenvalue weighted by molar-refractivity contribution is -0.145. The second kappa shape index (κ2) is 8.68. The van der Waals surface area contributed by atoms with Gasteiger partial charge < -0.3 is 9.84 Å². The molecule has 1 aliphatic rings. The van der Waals surface area contributed by atoms with Gasteiger partial charge in [0.1, 0.15) is 25.1 Å². The number of likely N-dealkylation sites (tertiary alicyclic amines) is 1. The fourth-order valence-electron chi connectivity index (χ4n) is 3.56. The van der Waals surface area contributed by atoms with E-state index in [1.54, 1.807) is 25.7 Å². The van der Waals surface area contributed by atoms with E-state index in [0.29, 0.717) is 13.0 Å². The maximum absolute atomic E-state index is 13.7. The van der Waals surface area contributed by atoms with Gasteiger partial charge in [-0.05, 0) is 42.5 Å². The molecule has 0 bridgehead atoms. The van der Waals surface area contributed by atoms with Gasteiger partial charge in [-0.3, -0.25) is 9.69 Å². The molecule has 0 aromatic heterocycles. The van der Waals surface area contributed by atoms with Crippen molar-refractivity contribution in [3.05, 3.63) is 28.8 Å². The molecular weight excluding hydrogens is 378 g/mol. The molecule has 158 valence electrons. The molecule has 1 aromatic carbocycles. The Balaban J connectivity index is 2.52. The van der Waals surface area contributed by atoms with Gasteiger partial charge in [0.15, 0.2) is 0 Å². The Hall–Kier alpha value is -1.83. The fraction of sp³-hybridized carbons (Fsp3) is 0.650. The number of hydrogen-bond acceptors (Lipinski definition) is 3. The first-order valence-electron chi connectivity index (χ1n) is 9.35. The van der Waals surface area contributed by atoms with Crippen LogP contribution in [0.2, 0.25) is 0 Å². The number of piperidine rings is 1.